The Balaban J connectivity index is 1.74. The van der Waals surface area contributed by atoms with Crippen LogP contribution in [0.25, 0.3) is 0 Å². The van der Waals surface area contributed by atoms with Crippen LogP contribution in [0.3, 0.4) is 0 Å². The van der Waals surface area contributed by atoms with Crippen LogP contribution in [0, 0.1) is 11.6 Å². The number of Topliss-reactive ketones (excluding diaryl/α,β-unsaturated/α-hetero) is 1. The van der Waals surface area contributed by atoms with Gasteiger partial charge < -0.3 is 27.0 Å². The molecule has 34 heavy (non-hydrogen) atoms. The fourth-order valence-corrected chi connectivity index (χ4v) is 6.21. The summed E-state index contributed by atoms with van der Waals surface area (Å²) in [6.45, 7) is 1.21. The number of halogens is 2. The summed E-state index contributed by atoms with van der Waals surface area (Å²) in [5, 5.41) is -0.976. The lowest BCUT2D eigenvalue weighted by Gasteiger charge is -2.38. The van der Waals surface area contributed by atoms with Gasteiger partial charge in [-0.2, -0.15) is 0 Å². The number of carbonyl (C=O) groups is 2. The summed E-state index contributed by atoms with van der Waals surface area (Å²) in [6.07, 6.45) is 3.96. The third kappa shape index (κ3) is 3.59. The number of fused-ring (bicyclic) bond motifs is 1. The maximum absolute atomic E-state index is 14.9. The van der Waals surface area contributed by atoms with Crippen molar-refractivity contribution < 1.29 is 18.4 Å². The van der Waals surface area contributed by atoms with Crippen molar-refractivity contribution in [3.8, 4) is 0 Å². The third-order valence-corrected chi connectivity index (χ3v) is 7.57. The van der Waals surface area contributed by atoms with E-state index >= 15 is 0 Å². The van der Waals surface area contributed by atoms with Gasteiger partial charge in [0.25, 0.3) is 5.91 Å². The number of benzene rings is 1. The highest BCUT2D eigenvalue weighted by atomic mass is 32.2. The van der Waals surface area contributed by atoms with Gasteiger partial charge in [-0.15, -0.1) is 0 Å². The lowest BCUT2D eigenvalue weighted by atomic mass is 10.0. The van der Waals surface area contributed by atoms with Crippen LogP contribution in [0.1, 0.15) is 46.3 Å². The molecule has 1 aromatic heterocycles. The Morgan fingerprint density at radius 3 is 2.62 bits per heavy atom. The zero-order valence-corrected chi connectivity index (χ0v) is 19.1. The van der Waals surface area contributed by atoms with Crippen LogP contribution in [-0.2, 0) is 11.2 Å². The van der Waals surface area contributed by atoms with E-state index in [0.717, 1.165) is 42.3 Å². The summed E-state index contributed by atoms with van der Waals surface area (Å²) in [4.78, 5) is 32.9. The maximum Gasteiger partial charge on any atom is 0.268 e. The Bertz CT molecular complexity index is 1220. The fourth-order valence-electron chi connectivity index (χ4n) is 4.99. The van der Waals surface area contributed by atoms with Crippen LogP contribution in [0.5, 0.6) is 0 Å². The molecule has 2 aromatic rings. The number of pyridine rings is 1. The number of carbonyl (C=O) groups excluding carboxylic acids is 2. The summed E-state index contributed by atoms with van der Waals surface area (Å²) >= 11 is 0.941. The molecule has 0 saturated carbocycles. The maximum atomic E-state index is 14.9. The number of anilines is 2. The van der Waals surface area contributed by atoms with Gasteiger partial charge in [0, 0.05) is 31.1 Å². The van der Waals surface area contributed by atoms with E-state index in [0.29, 0.717) is 43.0 Å². The highest BCUT2D eigenvalue weighted by Gasteiger charge is 2.42. The number of amides is 1. The minimum Gasteiger partial charge on any atom is -0.392 e. The molecular weight excluding hydrogens is 462 g/mol. The van der Waals surface area contributed by atoms with Crippen LogP contribution in [-0.4, -0.2) is 35.8 Å². The van der Waals surface area contributed by atoms with Crippen molar-refractivity contribution in [3.63, 3.8) is 0 Å². The molecule has 1 aliphatic carbocycles. The van der Waals surface area contributed by atoms with E-state index < -0.39 is 22.9 Å². The number of aromatic nitrogens is 1. The first-order chi connectivity index (χ1) is 16.3. The van der Waals surface area contributed by atoms with E-state index in [1.807, 2.05) is 0 Å². The second-order valence-corrected chi connectivity index (χ2v) is 9.77. The molecule has 1 fully saturated rings. The number of nitrogens with two attached hydrogens (primary N) is 3. The average molecular weight is 487 g/mol. The SMILES string of the molecule is NC(=O)C1=C(N)SC(c2c(F)cccc2F)N1c1cnc2c(c1N1CCC[C@H](N)C1)CCC2=O. The molecule has 5 rings (SSSR count). The number of primary amides is 1. The van der Waals surface area contributed by atoms with Crippen molar-refractivity contribution in [1.82, 2.24) is 4.98 Å². The normalized spacial score (nSPS) is 22.5. The van der Waals surface area contributed by atoms with Gasteiger partial charge in [-0.25, -0.2) is 8.78 Å². The number of rotatable bonds is 4. The molecule has 2 aliphatic heterocycles. The first kappa shape index (κ1) is 22.6. The van der Waals surface area contributed by atoms with Crippen molar-refractivity contribution in [1.29, 1.82) is 0 Å². The number of nitrogens with zero attached hydrogens (tertiary/aromatic N) is 3. The molecule has 1 unspecified atom stereocenters. The van der Waals surface area contributed by atoms with Gasteiger partial charge in [-0.1, -0.05) is 17.8 Å². The summed E-state index contributed by atoms with van der Waals surface area (Å²) < 4.78 is 29.8. The zero-order chi connectivity index (χ0) is 24.1. The van der Waals surface area contributed by atoms with Gasteiger partial charge >= 0.3 is 0 Å². The first-order valence-corrected chi connectivity index (χ1v) is 11.9. The second-order valence-electron chi connectivity index (χ2n) is 8.64. The standard InChI is InChI=1S/C23H24F2N6O2S/c24-13-4-1-5-14(25)17(13)23-31(20(21(27)33)22(28)34-23)15-9-29-18-12(6-7-16(18)32)19(15)30-8-2-3-11(26)10-30/h1,4-5,9,11,23H,2-3,6-8,10,26,28H2,(H2,27,33)/t11-,23?/m0/s1. The molecule has 1 amide bonds. The highest BCUT2D eigenvalue weighted by Crippen LogP contribution is 2.52. The van der Waals surface area contributed by atoms with E-state index in [1.165, 1.54) is 17.2 Å². The van der Waals surface area contributed by atoms with E-state index in [-0.39, 0.29) is 28.1 Å². The molecule has 11 heteroatoms. The van der Waals surface area contributed by atoms with Crippen LogP contribution >= 0.6 is 11.8 Å². The molecule has 1 aromatic carbocycles. The molecule has 2 atom stereocenters. The zero-order valence-electron chi connectivity index (χ0n) is 18.3. The topological polar surface area (TPSA) is 132 Å². The molecule has 178 valence electrons. The third-order valence-electron chi connectivity index (χ3n) is 6.46. The Morgan fingerprint density at radius 1 is 1.21 bits per heavy atom. The Hall–Kier alpha value is -3.18. The molecule has 3 aliphatic rings. The number of piperidine rings is 1. The monoisotopic (exact) mass is 486 g/mol. The highest BCUT2D eigenvalue weighted by molar-refractivity contribution is 8.03. The van der Waals surface area contributed by atoms with Crippen LogP contribution in [0.15, 0.2) is 35.1 Å². The number of hydrogen-bond acceptors (Lipinski definition) is 8. The minimum atomic E-state index is -1.03. The molecular formula is C23H24F2N6O2S. The average Bonchev–Trinajstić information content (AvgIpc) is 3.33. The lowest BCUT2D eigenvalue weighted by molar-refractivity contribution is -0.114. The van der Waals surface area contributed by atoms with Gasteiger partial charge in [0.15, 0.2) is 5.78 Å². The molecule has 3 heterocycles. The molecule has 1 saturated heterocycles. The quantitative estimate of drug-likeness (QED) is 0.600. The molecule has 0 bridgehead atoms. The fraction of sp³-hybridized carbons (Fsp3) is 0.348. The van der Waals surface area contributed by atoms with Crippen molar-refractivity contribution in [2.45, 2.75) is 37.1 Å². The van der Waals surface area contributed by atoms with Crippen molar-refractivity contribution in [3.05, 3.63) is 63.6 Å². The van der Waals surface area contributed by atoms with E-state index in [4.69, 9.17) is 17.2 Å². The van der Waals surface area contributed by atoms with Crippen LogP contribution in [0.4, 0.5) is 20.2 Å². The van der Waals surface area contributed by atoms with E-state index in [9.17, 15) is 18.4 Å². The predicted molar refractivity (Wildman–Crippen MR) is 126 cm³/mol. The summed E-state index contributed by atoms with van der Waals surface area (Å²) in [5.41, 5.74) is 20.0. The van der Waals surface area contributed by atoms with Crippen LogP contribution in [0.2, 0.25) is 0 Å². The van der Waals surface area contributed by atoms with Crippen molar-refractivity contribution >= 4 is 34.8 Å². The summed E-state index contributed by atoms with van der Waals surface area (Å²) in [5.74, 6) is -2.44. The van der Waals surface area contributed by atoms with Gasteiger partial charge in [0.05, 0.1) is 28.2 Å². The Morgan fingerprint density at radius 2 is 1.94 bits per heavy atom. The van der Waals surface area contributed by atoms with Crippen LogP contribution < -0.4 is 27.0 Å². The molecule has 0 radical (unpaired) electrons. The number of thioether (sulfide) groups is 1. The van der Waals surface area contributed by atoms with Gasteiger partial charge in [-0.3, -0.25) is 14.6 Å². The van der Waals surface area contributed by atoms with E-state index in [2.05, 4.69) is 9.88 Å². The number of ketones is 1. The molecule has 0 spiro atoms. The Labute approximate surface area is 199 Å². The molecule has 6 N–H and O–H groups in total. The largest absolute Gasteiger partial charge is 0.392 e. The first-order valence-electron chi connectivity index (χ1n) is 11.0. The predicted octanol–water partition coefficient (Wildman–Crippen LogP) is 2.28. The van der Waals surface area contributed by atoms with E-state index in [1.54, 1.807) is 0 Å². The Kier molecular flexibility index (Phi) is 5.68. The number of hydrogen-bond donors (Lipinski definition) is 3. The summed E-state index contributed by atoms with van der Waals surface area (Å²) in [6, 6.07) is 3.50. The van der Waals surface area contributed by atoms with Crippen molar-refractivity contribution in [2.24, 2.45) is 17.2 Å². The van der Waals surface area contributed by atoms with Gasteiger partial charge in [0.1, 0.15) is 28.4 Å². The summed E-state index contributed by atoms with van der Waals surface area (Å²) in [7, 11) is 0. The van der Waals surface area contributed by atoms with Crippen molar-refractivity contribution in [2.75, 3.05) is 22.9 Å². The lowest BCUT2D eigenvalue weighted by Crippen LogP contribution is -2.44. The smallest absolute Gasteiger partial charge is 0.268 e. The molecule has 8 nitrogen and oxygen atoms in total. The van der Waals surface area contributed by atoms with Gasteiger partial charge in [0.2, 0.25) is 0 Å². The second kappa shape index (κ2) is 8.55. The van der Waals surface area contributed by atoms with Gasteiger partial charge in [-0.05, 0) is 31.4 Å². The minimum absolute atomic E-state index is 0.0537.